The molecule has 628 valence electrons. The molecule has 116 heavy (non-hydrogen) atoms. The molecular weight excluding hydrogens is 1540 g/mol. The summed E-state index contributed by atoms with van der Waals surface area (Å²) in [4.78, 5) is 54.4. The number of aromatic nitrogens is 4. The van der Waals surface area contributed by atoms with E-state index in [1.807, 2.05) is 62.6 Å². The average Bonchev–Trinajstić information content (AvgIpc) is 0.778. The van der Waals surface area contributed by atoms with Crippen LogP contribution in [0.4, 0.5) is 85.0 Å². The van der Waals surface area contributed by atoms with Gasteiger partial charge in [0.1, 0.15) is 42.1 Å². The van der Waals surface area contributed by atoms with Crippen molar-refractivity contribution in [2.75, 3.05) is 152 Å². The van der Waals surface area contributed by atoms with Crippen molar-refractivity contribution in [2.45, 2.75) is 141 Å². The van der Waals surface area contributed by atoms with Crippen LogP contribution in [0.2, 0.25) is 5.28 Å². The van der Waals surface area contributed by atoms with E-state index in [-0.39, 0.29) is 64.0 Å². The number of non-ortho nitro benzene ring substituents is 2. The summed E-state index contributed by atoms with van der Waals surface area (Å²) in [5.41, 5.74) is 9.53. The molecule has 32 heteroatoms. The van der Waals surface area contributed by atoms with Crippen molar-refractivity contribution < 1.29 is 58.8 Å². The lowest BCUT2D eigenvalue weighted by molar-refractivity contribution is -0.385. The molecule has 14 rings (SSSR count). The molecule has 0 radical (unpaired) electrons. The first-order valence-electron chi connectivity index (χ1n) is 39.1. The van der Waals surface area contributed by atoms with Gasteiger partial charge in [0.15, 0.2) is 52.2 Å². The summed E-state index contributed by atoms with van der Waals surface area (Å²) in [6, 6.07) is 24.7. The molecule has 0 amide bonds. The number of nitrogens with zero attached hydrogens (tertiary/aromatic N) is 15. The normalized spacial score (nSPS) is 16.1. The maximum Gasteiger partial charge on any atom is 0.272 e. The Hall–Kier alpha value is -9.82. The van der Waals surface area contributed by atoms with Crippen LogP contribution in [0.5, 0.6) is 11.5 Å². The molecule has 0 unspecified atom stereocenters. The number of hydrogen-bond acceptors (Lipinski definition) is 20. The highest BCUT2D eigenvalue weighted by molar-refractivity contribution is 6.28. The van der Waals surface area contributed by atoms with Gasteiger partial charge in [-0.2, -0.15) is 0 Å². The highest BCUT2D eigenvalue weighted by Gasteiger charge is 2.31. The molecule has 7 heterocycles. The summed E-state index contributed by atoms with van der Waals surface area (Å²) < 4.78 is 136. The van der Waals surface area contributed by atoms with E-state index in [0.717, 1.165) is 108 Å². The largest absolute Gasteiger partial charge is 0.486 e. The molecule has 5 aliphatic heterocycles. The molecule has 1 aliphatic carbocycles. The number of benzene rings is 6. The van der Waals surface area contributed by atoms with Crippen LogP contribution in [0, 0.1) is 72.6 Å². The van der Waals surface area contributed by atoms with Gasteiger partial charge in [-0.3, -0.25) is 20.2 Å². The number of anilines is 6. The average molecular weight is 1640 g/mol. The third kappa shape index (κ3) is 24.2. The van der Waals surface area contributed by atoms with Crippen LogP contribution in [-0.2, 0) is 6.42 Å². The first-order chi connectivity index (χ1) is 55.2. The number of ether oxygens (including phenoxy) is 2. The summed E-state index contributed by atoms with van der Waals surface area (Å²) >= 11 is 5.71. The Balaban J connectivity index is 0.000000170. The van der Waals surface area contributed by atoms with E-state index < -0.39 is 56.3 Å². The lowest BCUT2D eigenvalue weighted by Gasteiger charge is -2.36. The molecule has 2 aromatic heterocycles. The number of nitrogen functional groups attached to an aromatic ring is 1. The van der Waals surface area contributed by atoms with Crippen LogP contribution < -0.4 is 39.7 Å². The monoisotopic (exact) mass is 1640 g/mol. The number of nitro groups is 2. The predicted molar refractivity (Wildman–Crippen MR) is 439 cm³/mol. The smallest absolute Gasteiger partial charge is 0.272 e. The first-order valence-corrected chi connectivity index (χ1v) is 39.5. The molecule has 3 saturated heterocycles. The minimum atomic E-state index is -1.21. The molecular formula is C84H106ClF9N16O6. The Kier molecular flexibility index (Phi) is 32.5. The van der Waals surface area contributed by atoms with Gasteiger partial charge in [0, 0.05) is 111 Å². The van der Waals surface area contributed by atoms with E-state index in [9.17, 15) is 55.4 Å². The molecule has 4 fully saturated rings. The van der Waals surface area contributed by atoms with Gasteiger partial charge < -0.3 is 59.3 Å². The molecule has 22 nitrogen and oxygen atoms in total. The highest BCUT2D eigenvalue weighted by Crippen LogP contribution is 2.42. The summed E-state index contributed by atoms with van der Waals surface area (Å²) in [7, 11) is 16.8. The third-order valence-corrected chi connectivity index (χ3v) is 21.8. The van der Waals surface area contributed by atoms with Crippen LogP contribution in [0.1, 0.15) is 110 Å². The molecule has 2 N–H and O–H groups in total. The van der Waals surface area contributed by atoms with E-state index >= 15 is 4.39 Å². The molecule has 6 aromatic carbocycles. The second-order valence-corrected chi connectivity index (χ2v) is 31.3. The van der Waals surface area contributed by atoms with Crippen LogP contribution >= 0.6 is 11.6 Å². The van der Waals surface area contributed by atoms with Crippen molar-refractivity contribution in [3.8, 4) is 34.0 Å². The fraction of sp³-hybridized carbons (Fsp3) is 0.476. The van der Waals surface area contributed by atoms with Gasteiger partial charge in [-0.15, -0.1) is 0 Å². The number of fused-ring (bicyclic) bond motifs is 2. The van der Waals surface area contributed by atoms with Crippen LogP contribution in [-0.4, -0.2) is 208 Å². The van der Waals surface area contributed by atoms with Crippen molar-refractivity contribution in [1.29, 1.82) is 0 Å². The van der Waals surface area contributed by atoms with Crippen LogP contribution in [0.15, 0.2) is 109 Å². The van der Waals surface area contributed by atoms with Crippen LogP contribution in [0.3, 0.4) is 0 Å². The van der Waals surface area contributed by atoms with E-state index in [4.69, 9.17) is 26.8 Å². The summed E-state index contributed by atoms with van der Waals surface area (Å²) in [6.07, 6.45) is 15.6. The van der Waals surface area contributed by atoms with Gasteiger partial charge in [0.2, 0.25) is 5.28 Å². The SMILES string of the molecule is CC(C)N1CCOc2c(F)cc(-c3nc(Cc4ccc(N5CCC(N(C)C)CC5)c(F)c4)ncc3F)cc21.CC(C)N1CCOc2c(F)cc(-c3nc(Cl)ncc3F)cc21.CN(C)C1CCCCC1.CN(C)C1CCN(c2ccc(N)cc2F)CC1.CN(C)C1CCN(c2ccc([N+](=O)[O-])cc2F)CC1.O=[N+]([O-])c1ccc(F)c(F)c1. The molecule has 0 atom stereocenters. The standard InChI is InChI=1S/C29H34F3N5O.C15H14ClF2N3O.C13H18FN3O2.C13H20FN3.C8H17N.C6H3F2NO2/c1-18(2)37-11-12-38-29-23(31)15-20(16-26(29)37)28-24(32)17-33-27(34-28)14-19-5-6-25(22(30)13-19)36-9-7-21(8-10-36)35(3)4;1-8(2)21-3-4-22-14-10(17)5-9(6-12(14)21)13-11(18)7-19-15(16)20-13;1-15(2)10-5-7-16(8-6-10)13-4-3-11(17(18)19)9-12(13)14;1-16(2)11-5-7-17(8-6-11)13-4-3-10(15)9-12(13)14;1-9(2)8-6-4-3-5-7-8;7-5-2-1-4(9(10)11)3-6(5)8/h5-6,13,15-18,21H,7-12,14H2,1-4H3;5-8H,3-4H2,1-2H3;3-4,9-10H,5-8H2,1-2H3;3-4,9,11H,5-8,15H2,1-2H3;8H,3-7H2,1-2H3;1-3H. The van der Waals surface area contributed by atoms with Gasteiger partial charge in [-0.05, 0) is 219 Å². The lowest BCUT2D eigenvalue weighted by atomic mass is 9.95. The first kappa shape index (κ1) is 90.1. The van der Waals surface area contributed by atoms with Gasteiger partial charge in [-0.1, -0.05) is 25.3 Å². The quantitative estimate of drug-likeness (QED) is 0.0332. The molecule has 1 saturated carbocycles. The number of nitrogens with two attached hydrogens (primary N) is 1. The van der Waals surface area contributed by atoms with E-state index in [1.165, 1.54) is 68.5 Å². The Morgan fingerprint density at radius 2 is 0.828 bits per heavy atom. The van der Waals surface area contributed by atoms with E-state index in [2.05, 4.69) is 91.6 Å². The molecule has 0 spiro atoms. The Morgan fingerprint density at radius 3 is 1.22 bits per heavy atom. The zero-order valence-electron chi connectivity index (χ0n) is 67.9. The Labute approximate surface area is 678 Å². The lowest BCUT2D eigenvalue weighted by Crippen LogP contribution is -2.42. The van der Waals surface area contributed by atoms with E-state index in [1.54, 1.807) is 30.3 Å². The Morgan fingerprint density at radius 1 is 0.440 bits per heavy atom. The van der Waals surface area contributed by atoms with Crippen LogP contribution in [0.25, 0.3) is 22.5 Å². The Bertz CT molecular complexity index is 4600. The summed E-state index contributed by atoms with van der Waals surface area (Å²) in [5, 5.41) is 20.5. The van der Waals surface area contributed by atoms with Crippen molar-refractivity contribution >= 4 is 57.1 Å². The minimum Gasteiger partial charge on any atom is -0.486 e. The number of nitro benzene ring substituents is 2. The van der Waals surface area contributed by atoms with Crippen molar-refractivity contribution in [2.24, 2.45) is 0 Å². The van der Waals surface area contributed by atoms with Crippen molar-refractivity contribution in [3.05, 3.63) is 199 Å². The second kappa shape index (κ2) is 41.8. The predicted octanol–water partition coefficient (Wildman–Crippen LogP) is 16.9. The molecule has 6 aliphatic rings. The van der Waals surface area contributed by atoms with E-state index in [0.29, 0.717) is 113 Å². The maximum absolute atomic E-state index is 15.1. The maximum atomic E-state index is 15.1. The highest BCUT2D eigenvalue weighted by atomic mass is 35.5. The number of halogens is 10. The zero-order chi connectivity index (χ0) is 84.4. The second-order valence-electron chi connectivity index (χ2n) is 30.9. The zero-order valence-corrected chi connectivity index (χ0v) is 68.7. The fourth-order valence-corrected chi connectivity index (χ4v) is 15.1. The summed E-state index contributed by atoms with van der Waals surface area (Å²) in [6.45, 7) is 15.1. The number of rotatable bonds is 15. The fourth-order valence-electron chi connectivity index (χ4n) is 15.0. The van der Waals surface area contributed by atoms with Crippen molar-refractivity contribution in [1.82, 2.24) is 39.5 Å². The van der Waals surface area contributed by atoms with Gasteiger partial charge in [0.25, 0.3) is 11.4 Å². The molecule has 0 bridgehead atoms. The van der Waals surface area contributed by atoms with Gasteiger partial charge in [-0.25, -0.2) is 59.4 Å². The van der Waals surface area contributed by atoms with Crippen molar-refractivity contribution in [3.63, 3.8) is 0 Å². The van der Waals surface area contributed by atoms with Gasteiger partial charge >= 0.3 is 0 Å². The molecule has 8 aromatic rings. The minimum absolute atomic E-state index is 0.00633. The topological polar surface area (TPSA) is 211 Å². The van der Waals surface area contributed by atoms with Gasteiger partial charge in [0.05, 0.1) is 75.9 Å². The third-order valence-electron chi connectivity index (χ3n) is 21.6. The summed E-state index contributed by atoms with van der Waals surface area (Å²) in [5.74, 6) is -5.05. The number of hydrogen-bond donors (Lipinski definition) is 1. The number of piperidine rings is 3.